The molecule has 0 saturated heterocycles. The summed E-state index contributed by atoms with van der Waals surface area (Å²) in [4.78, 5) is 29.2. The second kappa shape index (κ2) is 15.6. The van der Waals surface area contributed by atoms with E-state index in [4.69, 9.17) is 0 Å². The summed E-state index contributed by atoms with van der Waals surface area (Å²) in [5, 5.41) is 2.90. The van der Waals surface area contributed by atoms with E-state index in [1.807, 2.05) is 37.3 Å². The van der Waals surface area contributed by atoms with Crippen LogP contribution in [0.25, 0.3) is 0 Å². The highest BCUT2D eigenvalue weighted by atomic mass is 32.2. The molecule has 1 atom stereocenters. The third-order valence-electron chi connectivity index (χ3n) is 7.37. The Morgan fingerprint density at radius 1 is 0.804 bits per heavy atom. The summed E-state index contributed by atoms with van der Waals surface area (Å²) >= 11 is 0. The maximum atomic E-state index is 14.4. The van der Waals surface area contributed by atoms with E-state index in [1.165, 1.54) is 35.2 Å². The van der Waals surface area contributed by atoms with Gasteiger partial charge in [-0.3, -0.25) is 13.9 Å². The van der Waals surface area contributed by atoms with Crippen LogP contribution < -0.4 is 9.62 Å². The Balaban J connectivity index is 1.81. The number of sulfonamides is 1. The minimum atomic E-state index is -4.75. The number of alkyl halides is 3. The van der Waals surface area contributed by atoms with E-state index >= 15 is 0 Å². The Hall–Kier alpha value is -4.64. The quantitative estimate of drug-likeness (QED) is 0.159. The first-order valence-electron chi connectivity index (χ1n) is 14.9. The van der Waals surface area contributed by atoms with Crippen LogP contribution in [-0.4, -0.2) is 44.3 Å². The Morgan fingerprint density at radius 2 is 1.39 bits per heavy atom. The fourth-order valence-electron chi connectivity index (χ4n) is 4.93. The molecule has 1 N–H and O–H groups in total. The summed E-state index contributed by atoms with van der Waals surface area (Å²) in [7, 11) is -4.52. The van der Waals surface area contributed by atoms with Crippen LogP contribution in [0.5, 0.6) is 0 Å². The number of anilines is 1. The molecule has 46 heavy (non-hydrogen) atoms. The van der Waals surface area contributed by atoms with Crippen molar-refractivity contribution in [3.05, 3.63) is 132 Å². The zero-order valence-electron chi connectivity index (χ0n) is 25.4. The van der Waals surface area contributed by atoms with E-state index in [2.05, 4.69) is 5.32 Å². The second-order valence-electron chi connectivity index (χ2n) is 10.7. The minimum Gasteiger partial charge on any atom is -0.354 e. The number of unbranched alkanes of at least 4 members (excludes halogenated alkanes) is 1. The maximum absolute atomic E-state index is 14.4. The van der Waals surface area contributed by atoms with Crippen LogP contribution in [0.2, 0.25) is 0 Å². The van der Waals surface area contributed by atoms with Gasteiger partial charge in [-0.15, -0.1) is 0 Å². The van der Waals surface area contributed by atoms with Crippen molar-refractivity contribution in [3.8, 4) is 0 Å². The van der Waals surface area contributed by atoms with Gasteiger partial charge in [0, 0.05) is 19.5 Å². The molecule has 4 aromatic rings. The Bertz CT molecular complexity index is 1690. The number of benzene rings is 4. The zero-order valence-corrected chi connectivity index (χ0v) is 26.2. The molecular weight excluding hydrogens is 615 g/mol. The lowest BCUT2D eigenvalue weighted by Crippen LogP contribution is -2.53. The van der Waals surface area contributed by atoms with Gasteiger partial charge in [-0.05, 0) is 47.9 Å². The number of nitrogens with zero attached hydrogens (tertiary/aromatic N) is 2. The van der Waals surface area contributed by atoms with Crippen molar-refractivity contribution in [2.24, 2.45) is 0 Å². The number of carbonyl (C=O) groups is 2. The number of amides is 2. The first kappa shape index (κ1) is 34.2. The molecule has 4 aromatic carbocycles. The predicted molar refractivity (Wildman–Crippen MR) is 171 cm³/mol. The smallest absolute Gasteiger partial charge is 0.354 e. The van der Waals surface area contributed by atoms with Gasteiger partial charge in [0.2, 0.25) is 11.8 Å². The molecule has 11 heteroatoms. The van der Waals surface area contributed by atoms with Crippen molar-refractivity contribution < 1.29 is 31.2 Å². The second-order valence-corrected chi connectivity index (χ2v) is 12.6. The van der Waals surface area contributed by atoms with Crippen molar-refractivity contribution in [2.75, 3.05) is 17.4 Å². The molecule has 7 nitrogen and oxygen atoms in total. The number of rotatable bonds is 14. The number of hydrogen-bond acceptors (Lipinski definition) is 4. The van der Waals surface area contributed by atoms with Crippen molar-refractivity contribution in [1.82, 2.24) is 10.2 Å². The van der Waals surface area contributed by atoms with Crippen molar-refractivity contribution in [1.29, 1.82) is 0 Å². The van der Waals surface area contributed by atoms with E-state index in [0.717, 1.165) is 30.5 Å². The van der Waals surface area contributed by atoms with Crippen LogP contribution >= 0.6 is 0 Å². The van der Waals surface area contributed by atoms with Gasteiger partial charge in [0.1, 0.15) is 12.6 Å². The summed E-state index contributed by atoms with van der Waals surface area (Å²) in [5.41, 5.74) is 0.0604. The highest BCUT2D eigenvalue weighted by molar-refractivity contribution is 7.92. The average molecular weight is 652 g/mol. The molecule has 0 fully saturated rings. The summed E-state index contributed by atoms with van der Waals surface area (Å²) in [5.74, 6) is -1.18. The SMILES string of the molecule is CCCCNC(=O)C(Cc1ccccc1)N(Cc1ccccc1)C(=O)CN(c1cccc(C(F)(F)F)c1)S(=O)(=O)c1ccccc1. The van der Waals surface area contributed by atoms with Crippen molar-refractivity contribution in [3.63, 3.8) is 0 Å². The van der Waals surface area contributed by atoms with Gasteiger partial charge < -0.3 is 10.2 Å². The van der Waals surface area contributed by atoms with Crippen LogP contribution in [0, 0.1) is 0 Å². The van der Waals surface area contributed by atoms with Crippen LogP contribution in [0.3, 0.4) is 0 Å². The number of hydrogen-bond donors (Lipinski definition) is 1. The Kier molecular flexibility index (Phi) is 11.6. The lowest BCUT2D eigenvalue weighted by molar-refractivity contribution is -0.140. The van der Waals surface area contributed by atoms with Gasteiger partial charge in [0.25, 0.3) is 10.0 Å². The van der Waals surface area contributed by atoms with Gasteiger partial charge in [-0.2, -0.15) is 13.2 Å². The van der Waals surface area contributed by atoms with Crippen LogP contribution in [0.15, 0.2) is 120 Å². The minimum absolute atomic E-state index is 0.0415. The van der Waals surface area contributed by atoms with Gasteiger partial charge in [-0.1, -0.05) is 98.3 Å². The predicted octanol–water partition coefficient (Wildman–Crippen LogP) is 6.46. The molecule has 0 aliphatic carbocycles. The molecular formula is C35H36F3N3O4S. The molecule has 0 radical (unpaired) electrons. The molecule has 2 amide bonds. The number of carbonyl (C=O) groups excluding carboxylic acids is 2. The fourth-order valence-corrected chi connectivity index (χ4v) is 6.35. The zero-order chi connectivity index (χ0) is 33.2. The van der Waals surface area contributed by atoms with Crippen LogP contribution in [0.1, 0.15) is 36.5 Å². The molecule has 4 rings (SSSR count). The standard InChI is InChI=1S/C35H36F3N3O4S/c1-2-3-22-39-34(43)32(23-27-14-7-4-8-15-27)40(25-28-16-9-5-10-17-28)33(42)26-41(46(44,45)31-20-11-6-12-21-31)30-19-13-18-29(24-30)35(36,37)38/h4-21,24,32H,2-3,22-23,25-26H2,1H3,(H,39,43). The first-order valence-corrected chi connectivity index (χ1v) is 16.3. The molecule has 0 heterocycles. The van der Waals surface area contributed by atoms with Crippen LogP contribution in [0.4, 0.5) is 18.9 Å². The fraction of sp³-hybridized carbons (Fsp3) is 0.257. The molecule has 0 aliphatic rings. The van der Waals surface area contributed by atoms with Crippen molar-refractivity contribution >= 4 is 27.5 Å². The van der Waals surface area contributed by atoms with E-state index in [9.17, 15) is 31.2 Å². The molecule has 0 saturated carbocycles. The van der Waals surface area contributed by atoms with E-state index in [0.29, 0.717) is 22.5 Å². The van der Waals surface area contributed by atoms with Gasteiger partial charge in [0.05, 0.1) is 16.1 Å². The first-order chi connectivity index (χ1) is 22.0. The van der Waals surface area contributed by atoms with Crippen LogP contribution in [-0.2, 0) is 38.8 Å². The third-order valence-corrected chi connectivity index (χ3v) is 9.16. The van der Waals surface area contributed by atoms with Gasteiger partial charge in [-0.25, -0.2) is 8.42 Å². The van der Waals surface area contributed by atoms with E-state index < -0.39 is 46.2 Å². The molecule has 0 bridgehead atoms. The Morgan fingerprint density at radius 3 is 1.98 bits per heavy atom. The summed E-state index contributed by atoms with van der Waals surface area (Å²) in [6, 6.07) is 28.0. The van der Waals surface area contributed by atoms with Gasteiger partial charge >= 0.3 is 6.18 Å². The maximum Gasteiger partial charge on any atom is 0.416 e. The molecule has 0 aliphatic heterocycles. The number of halogens is 3. The van der Waals surface area contributed by atoms with Gasteiger partial charge in [0.15, 0.2) is 0 Å². The topological polar surface area (TPSA) is 86.8 Å². The lowest BCUT2D eigenvalue weighted by atomic mass is 10.0. The molecule has 0 spiro atoms. The normalized spacial score (nSPS) is 12.3. The average Bonchev–Trinajstić information content (AvgIpc) is 3.06. The van der Waals surface area contributed by atoms with E-state index in [-0.39, 0.29) is 23.5 Å². The summed E-state index contributed by atoms with van der Waals surface area (Å²) < 4.78 is 69.8. The monoisotopic (exact) mass is 651 g/mol. The van der Waals surface area contributed by atoms with Crippen molar-refractivity contribution in [2.45, 2.75) is 49.8 Å². The molecule has 1 unspecified atom stereocenters. The lowest BCUT2D eigenvalue weighted by Gasteiger charge is -2.34. The third kappa shape index (κ3) is 8.97. The number of nitrogens with one attached hydrogen (secondary N) is 1. The highest BCUT2D eigenvalue weighted by Gasteiger charge is 2.36. The van der Waals surface area contributed by atoms with E-state index in [1.54, 1.807) is 36.4 Å². The largest absolute Gasteiger partial charge is 0.416 e. The molecule has 242 valence electrons. The Labute approximate surface area is 267 Å². The summed E-state index contributed by atoms with van der Waals surface area (Å²) in [6.45, 7) is 1.47. The summed E-state index contributed by atoms with van der Waals surface area (Å²) in [6.07, 6.45) is -3.07. The molecule has 0 aromatic heterocycles. The highest BCUT2D eigenvalue weighted by Crippen LogP contribution is 2.33.